The van der Waals surface area contributed by atoms with Crippen LogP contribution in [0.1, 0.15) is 11.1 Å². The van der Waals surface area contributed by atoms with Crippen molar-refractivity contribution in [2.45, 2.75) is 18.2 Å². The van der Waals surface area contributed by atoms with Gasteiger partial charge >= 0.3 is 5.97 Å². The summed E-state index contributed by atoms with van der Waals surface area (Å²) in [6.07, 6.45) is 1.72. The van der Waals surface area contributed by atoms with Crippen molar-refractivity contribution in [1.29, 1.82) is 0 Å². The first-order chi connectivity index (χ1) is 6.56. The Bertz CT molecular complexity index is 361. The Balaban J connectivity index is 3.20. The Hall–Kier alpha value is -1.16. The number of rotatable bonds is 3. The molecule has 3 nitrogen and oxygen atoms in total. The highest BCUT2D eigenvalue weighted by Gasteiger charge is 2.12. The second-order valence-corrected chi connectivity index (χ2v) is 3.83. The number of hydrogen-bond acceptors (Lipinski definition) is 3. The smallest absolute Gasteiger partial charge is 0.308 e. The average molecular weight is 212 g/mol. The lowest BCUT2D eigenvalue weighted by Crippen LogP contribution is -2.02. The molecule has 76 valence electrons. The summed E-state index contributed by atoms with van der Waals surface area (Å²) in [4.78, 5) is 11.4. The molecule has 0 saturated heterocycles. The molecule has 0 fully saturated rings. The van der Waals surface area contributed by atoms with Crippen molar-refractivity contribution in [1.82, 2.24) is 0 Å². The maximum Gasteiger partial charge on any atom is 0.308 e. The molecule has 0 aliphatic rings. The number of hydrogen-bond donors (Lipinski definition) is 2. The van der Waals surface area contributed by atoms with Crippen LogP contribution in [0.5, 0.6) is 5.75 Å². The molecule has 0 saturated carbocycles. The first-order valence-corrected chi connectivity index (χ1v) is 5.36. The van der Waals surface area contributed by atoms with E-state index in [1.54, 1.807) is 13.0 Å². The molecule has 0 radical (unpaired) electrons. The van der Waals surface area contributed by atoms with Gasteiger partial charge in [-0.2, -0.15) is 0 Å². The summed E-state index contributed by atoms with van der Waals surface area (Å²) < 4.78 is 0. The largest absolute Gasteiger partial charge is 0.507 e. The minimum Gasteiger partial charge on any atom is -0.507 e. The molecular formula is C10H12O3S. The van der Waals surface area contributed by atoms with Crippen LogP contribution in [0.15, 0.2) is 17.0 Å². The number of carbonyl (C=O) groups is 1. The highest BCUT2D eigenvalue weighted by atomic mass is 32.2. The van der Waals surface area contributed by atoms with Gasteiger partial charge in [-0.1, -0.05) is 6.07 Å². The molecule has 0 aromatic heterocycles. The van der Waals surface area contributed by atoms with Crippen molar-refractivity contribution in [2.75, 3.05) is 6.26 Å². The fraction of sp³-hybridized carbons (Fsp3) is 0.300. The third-order valence-electron chi connectivity index (χ3n) is 1.99. The van der Waals surface area contributed by atoms with Crippen LogP contribution >= 0.6 is 11.8 Å². The molecule has 0 atom stereocenters. The lowest BCUT2D eigenvalue weighted by molar-refractivity contribution is -0.136. The number of carboxylic acid groups (broad SMARTS) is 1. The molecule has 4 heteroatoms. The van der Waals surface area contributed by atoms with Gasteiger partial charge in [0, 0.05) is 10.5 Å². The Morgan fingerprint density at radius 2 is 2.14 bits per heavy atom. The Labute approximate surface area is 86.8 Å². The van der Waals surface area contributed by atoms with Crippen LogP contribution in [0.4, 0.5) is 0 Å². The van der Waals surface area contributed by atoms with Gasteiger partial charge in [0.2, 0.25) is 0 Å². The van der Waals surface area contributed by atoms with E-state index in [2.05, 4.69) is 0 Å². The van der Waals surface area contributed by atoms with Crippen LogP contribution in [0, 0.1) is 6.92 Å². The summed E-state index contributed by atoms with van der Waals surface area (Å²) in [6, 6.07) is 3.62. The first-order valence-electron chi connectivity index (χ1n) is 4.13. The van der Waals surface area contributed by atoms with Crippen molar-refractivity contribution in [3.8, 4) is 5.75 Å². The van der Waals surface area contributed by atoms with Crippen LogP contribution in [0.2, 0.25) is 0 Å². The van der Waals surface area contributed by atoms with Crippen LogP contribution in [-0.2, 0) is 11.2 Å². The zero-order valence-corrected chi connectivity index (χ0v) is 8.89. The number of thioether (sulfide) groups is 1. The number of phenols is 1. The molecular weight excluding hydrogens is 200 g/mol. The Morgan fingerprint density at radius 1 is 1.50 bits per heavy atom. The molecule has 0 unspecified atom stereocenters. The van der Waals surface area contributed by atoms with Gasteiger partial charge in [0.25, 0.3) is 0 Å². The van der Waals surface area contributed by atoms with Crippen LogP contribution in [0.3, 0.4) is 0 Å². The molecule has 1 aromatic carbocycles. The third-order valence-corrected chi connectivity index (χ3v) is 2.81. The van der Waals surface area contributed by atoms with Crippen LogP contribution < -0.4 is 0 Å². The van der Waals surface area contributed by atoms with Gasteiger partial charge in [-0.05, 0) is 24.8 Å². The van der Waals surface area contributed by atoms with E-state index < -0.39 is 5.97 Å². The SMILES string of the molecule is CSc1ccc(C)c(O)c1CC(=O)O. The standard InChI is InChI=1S/C10H12O3S/c1-6-3-4-8(14-2)7(10(6)13)5-9(11)12/h3-4,13H,5H2,1-2H3,(H,11,12). The fourth-order valence-electron chi connectivity index (χ4n) is 1.25. The molecule has 0 heterocycles. The first kappa shape index (κ1) is 10.9. The van der Waals surface area contributed by atoms with Gasteiger partial charge in [0.1, 0.15) is 5.75 Å². The Morgan fingerprint density at radius 3 is 2.64 bits per heavy atom. The molecule has 0 spiro atoms. The minimum atomic E-state index is -0.929. The highest BCUT2D eigenvalue weighted by molar-refractivity contribution is 7.98. The summed E-state index contributed by atoms with van der Waals surface area (Å²) in [6.45, 7) is 1.75. The van der Waals surface area contributed by atoms with Gasteiger partial charge in [-0.25, -0.2) is 0 Å². The number of aromatic hydroxyl groups is 1. The van der Waals surface area contributed by atoms with Gasteiger partial charge < -0.3 is 10.2 Å². The Kier molecular flexibility index (Phi) is 3.41. The molecule has 2 N–H and O–H groups in total. The number of carboxylic acids is 1. The van der Waals surface area contributed by atoms with Gasteiger partial charge in [-0.15, -0.1) is 11.8 Å². The molecule has 14 heavy (non-hydrogen) atoms. The van der Waals surface area contributed by atoms with E-state index in [-0.39, 0.29) is 12.2 Å². The molecule has 1 rings (SSSR count). The minimum absolute atomic E-state index is 0.0965. The van der Waals surface area contributed by atoms with Crippen molar-refractivity contribution >= 4 is 17.7 Å². The van der Waals surface area contributed by atoms with Crippen molar-refractivity contribution in [3.63, 3.8) is 0 Å². The van der Waals surface area contributed by atoms with E-state index in [1.165, 1.54) is 11.8 Å². The molecule has 0 bridgehead atoms. The molecule has 0 amide bonds. The van der Waals surface area contributed by atoms with E-state index in [0.717, 1.165) is 4.90 Å². The van der Waals surface area contributed by atoms with Crippen molar-refractivity contribution in [2.24, 2.45) is 0 Å². The number of benzene rings is 1. The molecule has 0 aliphatic carbocycles. The van der Waals surface area contributed by atoms with Crippen LogP contribution in [-0.4, -0.2) is 22.4 Å². The second-order valence-electron chi connectivity index (χ2n) is 2.98. The van der Waals surface area contributed by atoms with Gasteiger partial charge in [0.15, 0.2) is 0 Å². The quantitative estimate of drug-likeness (QED) is 0.753. The van der Waals surface area contributed by atoms with Gasteiger partial charge in [0.05, 0.1) is 6.42 Å². The number of aryl methyl sites for hydroxylation is 1. The van der Waals surface area contributed by atoms with E-state index >= 15 is 0 Å². The van der Waals surface area contributed by atoms with Crippen molar-refractivity contribution < 1.29 is 15.0 Å². The zero-order chi connectivity index (χ0) is 10.7. The summed E-state index contributed by atoms with van der Waals surface area (Å²) >= 11 is 1.44. The summed E-state index contributed by atoms with van der Waals surface area (Å²) in [5, 5.41) is 18.4. The van der Waals surface area contributed by atoms with Crippen LogP contribution in [0.25, 0.3) is 0 Å². The summed E-state index contributed by atoms with van der Waals surface area (Å²) in [5.74, 6) is -0.833. The van der Waals surface area contributed by atoms with E-state index in [9.17, 15) is 9.90 Å². The topological polar surface area (TPSA) is 57.5 Å². The predicted octanol–water partition coefficient (Wildman–Crippen LogP) is 2.05. The summed E-state index contributed by atoms with van der Waals surface area (Å²) in [5.41, 5.74) is 1.21. The molecule has 0 aliphatic heterocycles. The summed E-state index contributed by atoms with van der Waals surface area (Å²) in [7, 11) is 0. The maximum absolute atomic E-state index is 10.6. The molecule has 1 aromatic rings. The normalized spacial score (nSPS) is 10.1. The highest BCUT2D eigenvalue weighted by Crippen LogP contribution is 2.31. The predicted molar refractivity (Wildman–Crippen MR) is 56.0 cm³/mol. The monoisotopic (exact) mass is 212 g/mol. The van der Waals surface area contributed by atoms with E-state index in [4.69, 9.17) is 5.11 Å². The average Bonchev–Trinajstić information content (AvgIpc) is 2.13. The number of phenolic OH excluding ortho intramolecular Hbond substituents is 1. The van der Waals surface area contributed by atoms with Crippen molar-refractivity contribution in [3.05, 3.63) is 23.3 Å². The fourth-order valence-corrected chi connectivity index (χ4v) is 1.87. The van der Waals surface area contributed by atoms with E-state index in [0.29, 0.717) is 11.1 Å². The van der Waals surface area contributed by atoms with Gasteiger partial charge in [-0.3, -0.25) is 4.79 Å². The number of aliphatic carboxylic acids is 1. The van der Waals surface area contributed by atoms with E-state index in [1.807, 2.05) is 12.3 Å². The zero-order valence-electron chi connectivity index (χ0n) is 8.07. The second kappa shape index (κ2) is 4.37. The lowest BCUT2D eigenvalue weighted by atomic mass is 10.1. The lowest BCUT2D eigenvalue weighted by Gasteiger charge is -2.09. The third kappa shape index (κ3) is 2.20. The maximum atomic E-state index is 10.6.